The fourth-order valence-corrected chi connectivity index (χ4v) is 2.87. The highest BCUT2D eigenvalue weighted by Gasteiger charge is 2.31. The molecule has 19 heavy (non-hydrogen) atoms. The van der Waals surface area contributed by atoms with E-state index in [4.69, 9.17) is 0 Å². The van der Waals surface area contributed by atoms with Crippen LogP contribution in [0.15, 0.2) is 0 Å². The van der Waals surface area contributed by atoms with Gasteiger partial charge in [0.25, 0.3) is 10.2 Å². The van der Waals surface area contributed by atoms with Crippen LogP contribution in [-0.2, 0) is 29.3 Å². The van der Waals surface area contributed by atoms with Crippen LogP contribution in [0.25, 0.3) is 0 Å². The van der Waals surface area contributed by atoms with Crippen LogP contribution in [0.1, 0.15) is 13.8 Å². The van der Waals surface area contributed by atoms with Crippen LogP contribution in [0.2, 0.25) is 0 Å². The molecule has 0 aromatic rings. The monoisotopic (exact) mass is 296 g/mol. The van der Waals surface area contributed by atoms with Crippen LogP contribution in [0.4, 0.5) is 0 Å². The van der Waals surface area contributed by atoms with Crippen molar-refractivity contribution in [2.45, 2.75) is 13.8 Å². The molecule has 0 radical (unpaired) electrons. The van der Waals surface area contributed by atoms with E-state index in [1.54, 1.807) is 13.8 Å². The number of hydrogen-bond donors (Lipinski definition) is 0. The van der Waals surface area contributed by atoms with E-state index in [9.17, 15) is 18.0 Å². The van der Waals surface area contributed by atoms with Crippen molar-refractivity contribution in [3.63, 3.8) is 0 Å². The van der Waals surface area contributed by atoms with E-state index in [-0.39, 0.29) is 13.1 Å². The molecule has 0 saturated heterocycles. The minimum Gasteiger partial charge on any atom is -0.468 e. The lowest BCUT2D eigenvalue weighted by Gasteiger charge is -2.26. The summed E-state index contributed by atoms with van der Waals surface area (Å²) in [7, 11) is -1.63. The van der Waals surface area contributed by atoms with Crippen molar-refractivity contribution in [2.24, 2.45) is 0 Å². The van der Waals surface area contributed by atoms with Crippen LogP contribution in [0, 0.1) is 0 Å². The molecule has 0 rings (SSSR count). The minimum absolute atomic E-state index is 0.234. The minimum atomic E-state index is -3.91. The van der Waals surface area contributed by atoms with Crippen molar-refractivity contribution >= 4 is 22.1 Å². The number of esters is 2. The lowest BCUT2D eigenvalue weighted by Crippen LogP contribution is -2.48. The van der Waals surface area contributed by atoms with Gasteiger partial charge in [0.05, 0.1) is 14.2 Å². The predicted molar refractivity (Wildman–Crippen MR) is 67.4 cm³/mol. The van der Waals surface area contributed by atoms with Gasteiger partial charge in [-0.1, -0.05) is 13.8 Å². The number of methoxy groups -OCH3 is 2. The number of hydrogen-bond acceptors (Lipinski definition) is 6. The van der Waals surface area contributed by atoms with Gasteiger partial charge in [-0.15, -0.1) is 0 Å². The summed E-state index contributed by atoms with van der Waals surface area (Å²) < 4.78 is 35.2. The third-order valence-electron chi connectivity index (χ3n) is 2.42. The zero-order chi connectivity index (χ0) is 15.1. The molecule has 0 heterocycles. The maximum absolute atomic E-state index is 12.2. The Morgan fingerprint density at radius 2 is 1.26 bits per heavy atom. The van der Waals surface area contributed by atoms with Crippen LogP contribution in [0.5, 0.6) is 0 Å². The zero-order valence-electron chi connectivity index (χ0n) is 11.6. The predicted octanol–water partition coefficient (Wildman–Crippen LogP) is -0.779. The summed E-state index contributed by atoms with van der Waals surface area (Å²) in [5.74, 6) is -1.50. The summed E-state index contributed by atoms with van der Waals surface area (Å²) in [5, 5.41) is 0. The molecule has 8 nitrogen and oxygen atoms in total. The number of ether oxygens (including phenoxy) is 2. The molecule has 0 aliphatic heterocycles. The molecule has 0 fully saturated rings. The summed E-state index contributed by atoms with van der Waals surface area (Å²) in [6.07, 6.45) is 0. The second kappa shape index (κ2) is 8.08. The first-order valence-electron chi connectivity index (χ1n) is 5.72. The Hall–Kier alpha value is -1.19. The van der Waals surface area contributed by atoms with E-state index in [1.165, 1.54) is 0 Å². The van der Waals surface area contributed by atoms with Gasteiger partial charge < -0.3 is 9.47 Å². The molecule has 0 aliphatic carbocycles. The lowest BCUT2D eigenvalue weighted by molar-refractivity contribution is -0.143. The van der Waals surface area contributed by atoms with Gasteiger partial charge in [0.15, 0.2) is 0 Å². The maximum Gasteiger partial charge on any atom is 0.321 e. The van der Waals surface area contributed by atoms with E-state index >= 15 is 0 Å². The van der Waals surface area contributed by atoms with Gasteiger partial charge in [-0.2, -0.15) is 17.0 Å². The summed E-state index contributed by atoms with van der Waals surface area (Å²) in [5.41, 5.74) is 0. The third-order valence-corrected chi connectivity index (χ3v) is 4.50. The molecular weight excluding hydrogens is 276 g/mol. The quantitative estimate of drug-likeness (QED) is 0.546. The van der Waals surface area contributed by atoms with Crippen molar-refractivity contribution in [3.05, 3.63) is 0 Å². The average molecular weight is 296 g/mol. The standard InChI is InChI=1S/C10H20N2O6S/c1-5-11(6-2)19(15,16)12(7-9(13)17-3)8-10(14)18-4/h5-8H2,1-4H3. The Bertz CT molecular complexity index is 386. The summed E-state index contributed by atoms with van der Waals surface area (Å²) >= 11 is 0. The van der Waals surface area contributed by atoms with Crippen molar-refractivity contribution in [1.29, 1.82) is 0 Å². The van der Waals surface area contributed by atoms with Gasteiger partial charge in [-0.05, 0) is 0 Å². The Kier molecular flexibility index (Phi) is 7.57. The molecule has 0 N–H and O–H groups in total. The summed E-state index contributed by atoms with van der Waals surface area (Å²) in [6.45, 7) is 2.72. The van der Waals surface area contributed by atoms with Gasteiger partial charge >= 0.3 is 11.9 Å². The van der Waals surface area contributed by atoms with E-state index in [1.807, 2.05) is 0 Å². The van der Waals surface area contributed by atoms with Crippen LogP contribution >= 0.6 is 0 Å². The van der Waals surface area contributed by atoms with Gasteiger partial charge in [0.1, 0.15) is 13.1 Å². The van der Waals surface area contributed by atoms with Gasteiger partial charge in [-0.3, -0.25) is 9.59 Å². The smallest absolute Gasteiger partial charge is 0.321 e. The maximum atomic E-state index is 12.2. The molecule has 0 atom stereocenters. The second-order valence-electron chi connectivity index (χ2n) is 3.51. The summed E-state index contributed by atoms with van der Waals surface area (Å²) in [6, 6.07) is 0. The highest BCUT2D eigenvalue weighted by Crippen LogP contribution is 2.08. The average Bonchev–Trinajstić information content (AvgIpc) is 2.38. The molecule has 9 heteroatoms. The largest absolute Gasteiger partial charge is 0.468 e. The SMILES string of the molecule is CCN(CC)S(=O)(=O)N(CC(=O)OC)CC(=O)OC. The Labute approximate surface area is 113 Å². The van der Waals surface area contributed by atoms with Crippen molar-refractivity contribution in [3.8, 4) is 0 Å². The second-order valence-corrected chi connectivity index (χ2v) is 5.44. The third kappa shape index (κ3) is 5.13. The first-order chi connectivity index (χ1) is 8.83. The zero-order valence-corrected chi connectivity index (χ0v) is 12.4. The van der Waals surface area contributed by atoms with Crippen molar-refractivity contribution in [2.75, 3.05) is 40.4 Å². The van der Waals surface area contributed by atoms with Crippen molar-refractivity contribution in [1.82, 2.24) is 8.61 Å². The van der Waals surface area contributed by atoms with Gasteiger partial charge in [0, 0.05) is 13.1 Å². The molecule has 0 unspecified atom stereocenters. The fraction of sp³-hybridized carbons (Fsp3) is 0.800. The molecule has 112 valence electrons. The van der Waals surface area contributed by atoms with E-state index < -0.39 is 35.2 Å². The topological polar surface area (TPSA) is 93.2 Å². The number of nitrogens with zero attached hydrogens (tertiary/aromatic N) is 2. The highest BCUT2D eigenvalue weighted by molar-refractivity contribution is 7.86. The van der Waals surface area contributed by atoms with Gasteiger partial charge in [-0.25, -0.2) is 0 Å². The van der Waals surface area contributed by atoms with Gasteiger partial charge in [0.2, 0.25) is 0 Å². The molecule has 0 saturated carbocycles. The molecule has 0 spiro atoms. The van der Waals surface area contributed by atoms with E-state index in [0.717, 1.165) is 22.8 Å². The fourth-order valence-electron chi connectivity index (χ4n) is 1.35. The molecular formula is C10H20N2O6S. The molecule has 0 bridgehead atoms. The molecule has 0 aromatic heterocycles. The number of carbonyl (C=O) groups excluding carboxylic acids is 2. The van der Waals surface area contributed by atoms with E-state index in [2.05, 4.69) is 9.47 Å². The van der Waals surface area contributed by atoms with Crippen LogP contribution in [0.3, 0.4) is 0 Å². The summed E-state index contributed by atoms with van der Waals surface area (Å²) in [4.78, 5) is 22.5. The first kappa shape index (κ1) is 17.8. The molecule has 0 amide bonds. The molecule has 0 aromatic carbocycles. The first-order valence-corrected chi connectivity index (χ1v) is 7.11. The van der Waals surface area contributed by atoms with Crippen LogP contribution < -0.4 is 0 Å². The number of rotatable bonds is 8. The Morgan fingerprint density at radius 3 is 1.53 bits per heavy atom. The Balaban J connectivity index is 5.20. The van der Waals surface area contributed by atoms with Crippen LogP contribution in [-0.4, -0.2) is 69.4 Å². The normalized spacial score (nSPS) is 11.7. The van der Waals surface area contributed by atoms with Crippen molar-refractivity contribution < 1.29 is 27.5 Å². The lowest BCUT2D eigenvalue weighted by atomic mass is 10.6. The number of carbonyl (C=O) groups is 2. The Morgan fingerprint density at radius 1 is 0.895 bits per heavy atom. The highest BCUT2D eigenvalue weighted by atomic mass is 32.2. The molecule has 0 aliphatic rings. The van der Waals surface area contributed by atoms with E-state index in [0.29, 0.717) is 0 Å².